The van der Waals surface area contributed by atoms with E-state index in [0.717, 1.165) is 6.29 Å². The zero-order valence-corrected chi connectivity index (χ0v) is 4.64. The maximum atomic E-state index is 9.62. The van der Waals surface area contributed by atoms with Crippen molar-refractivity contribution in [1.29, 1.82) is 0 Å². The van der Waals surface area contributed by atoms with Gasteiger partial charge in [-0.1, -0.05) is 0 Å². The lowest BCUT2D eigenvalue weighted by molar-refractivity contribution is -0.107. The van der Waals surface area contributed by atoms with E-state index in [4.69, 9.17) is 0 Å². The van der Waals surface area contributed by atoms with Crippen LogP contribution in [0.4, 0.5) is 0 Å². The van der Waals surface area contributed by atoms with Crippen LogP contribution in [0.1, 0.15) is 0 Å². The van der Waals surface area contributed by atoms with Gasteiger partial charge in [0.15, 0.2) is 0 Å². The van der Waals surface area contributed by atoms with E-state index in [2.05, 4.69) is 5.43 Å². The molecule has 0 fully saturated rings. The van der Waals surface area contributed by atoms with Crippen molar-refractivity contribution in [2.75, 3.05) is 20.6 Å². The molecule has 0 atom stereocenters. The average Bonchev–Trinajstić information content (AvgIpc) is 1.61. The van der Waals surface area contributed by atoms with Gasteiger partial charge in [0, 0.05) is 14.1 Å². The Morgan fingerprint density at radius 1 is 1.71 bits per heavy atom. The normalized spacial score (nSPS) is 9.57. The van der Waals surface area contributed by atoms with Crippen LogP contribution < -0.4 is 5.43 Å². The molecule has 1 N–H and O–H groups in total. The van der Waals surface area contributed by atoms with Gasteiger partial charge in [-0.2, -0.15) is 0 Å². The molecule has 0 aliphatic carbocycles. The van der Waals surface area contributed by atoms with Gasteiger partial charge in [0.1, 0.15) is 6.29 Å². The van der Waals surface area contributed by atoms with Gasteiger partial charge in [-0.05, 0) is 0 Å². The molecule has 0 saturated heterocycles. The first-order valence-corrected chi connectivity index (χ1v) is 2.12. The van der Waals surface area contributed by atoms with Crippen molar-refractivity contribution in [3.8, 4) is 0 Å². The summed E-state index contributed by atoms with van der Waals surface area (Å²) in [7, 11) is 3.67. The lowest BCUT2D eigenvalue weighted by atomic mass is 10.8. The highest BCUT2D eigenvalue weighted by Crippen LogP contribution is 1.56. The fourth-order valence-electron chi connectivity index (χ4n) is 0.220. The van der Waals surface area contributed by atoms with E-state index in [1.165, 1.54) is 0 Å². The summed E-state index contributed by atoms with van der Waals surface area (Å²) in [5.74, 6) is 0. The van der Waals surface area contributed by atoms with E-state index in [-0.39, 0.29) is 0 Å². The van der Waals surface area contributed by atoms with Gasteiger partial charge in [-0.3, -0.25) is 5.01 Å². The van der Waals surface area contributed by atoms with Crippen molar-refractivity contribution in [2.45, 2.75) is 0 Å². The summed E-state index contributed by atoms with van der Waals surface area (Å²) in [6, 6.07) is 0. The molecule has 0 aliphatic rings. The Labute approximate surface area is 43.3 Å². The second kappa shape index (κ2) is 3.77. The highest BCUT2D eigenvalue weighted by atomic mass is 16.1. The average molecular weight is 102 g/mol. The van der Waals surface area contributed by atoms with E-state index >= 15 is 0 Å². The van der Waals surface area contributed by atoms with Crippen LogP contribution in [0.2, 0.25) is 0 Å². The molecule has 0 radical (unpaired) electrons. The molecule has 0 bridgehead atoms. The van der Waals surface area contributed by atoms with Crippen molar-refractivity contribution in [1.82, 2.24) is 10.4 Å². The topological polar surface area (TPSA) is 32.3 Å². The monoisotopic (exact) mass is 102 g/mol. The number of hydrogen-bond donors (Lipinski definition) is 1. The van der Waals surface area contributed by atoms with Crippen LogP contribution in [0.3, 0.4) is 0 Å². The summed E-state index contributed by atoms with van der Waals surface area (Å²) in [6.45, 7) is 0.396. The maximum Gasteiger partial charge on any atom is 0.135 e. The zero-order valence-electron chi connectivity index (χ0n) is 4.64. The lowest BCUT2D eigenvalue weighted by Crippen LogP contribution is -2.31. The molecule has 0 spiro atoms. The third kappa shape index (κ3) is 5.59. The van der Waals surface area contributed by atoms with Gasteiger partial charge in [0.25, 0.3) is 0 Å². The van der Waals surface area contributed by atoms with E-state index in [1.54, 1.807) is 5.01 Å². The fourth-order valence-corrected chi connectivity index (χ4v) is 0.220. The van der Waals surface area contributed by atoms with Crippen LogP contribution in [0.5, 0.6) is 0 Å². The Hall–Kier alpha value is -0.410. The standard InChI is InChI=1S/C4H10N2O/c1-6(2)5-3-4-7/h4-5H,3H2,1-2H3. The molecule has 3 nitrogen and oxygen atoms in total. The van der Waals surface area contributed by atoms with Crippen LogP contribution in [-0.2, 0) is 4.79 Å². The Balaban J connectivity index is 2.81. The van der Waals surface area contributed by atoms with Gasteiger partial charge >= 0.3 is 0 Å². The summed E-state index contributed by atoms with van der Waals surface area (Å²) >= 11 is 0. The number of hydrazine groups is 1. The first kappa shape index (κ1) is 6.59. The molecule has 42 valence electrons. The lowest BCUT2D eigenvalue weighted by Gasteiger charge is -2.06. The SMILES string of the molecule is CN(C)NCC=O. The number of nitrogens with zero attached hydrogens (tertiary/aromatic N) is 1. The summed E-state index contributed by atoms with van der Waals surface area (Å²) in [6.07, 6.45) is 0.819. The van der Waals surface area contributed by atoms with Crippen LogP contribution in [0.15, 0.2) is 0 Å². The smallest absolute Gasteiger partial charge is 0.135 e. The third-order valence-corrected chi connectivity index (χ3v) is 0.491. The summed E-state index contributed by atoms with van der Waals surface area (Å²) < 4.78 is 0. The van der Waals surface area contributed by atoms with Crippen LogP contribution in [0, 0.1) is 0 Å². The van der Waals surface area contributed by atoms with E-state index in [0.29, 0.717) is 6.54 Å². The fraction of sp³-hybridized carbons (Fsp3) is 0.750. The Kier molecular flexibility index (Phi) is 3.55. The molecule has 0 aromatic heterocycles. The third-order valence-electron chi connectivity index (χ3n) is 0.491. The minimum Gasteiger partial charge on any atom is -0.302 e. The molecule has 0 rings (SSSR count). The zero-order chi connectivity index (χ0) is 5.70. The molecule has 0 amide bonds. The summed E-state index contributed by atoms with van der Waals surface area (Å²) in [4.78, 5) is 9.62. The second-order valence-electron chi connectivity index (χ2n) is 1.42. The molecule has 7 heavy (non-hydrogen) atoms. The number of rotatable bonds is 3. The maximum absolute atomic E-state index is 9.62. The van der Waals surface area contributed by atoms with E-state index < -0.39 is 0 Å². The number of carbonyl (C=O) groups excluding carboxylic acids is 1. The van der Waals surface area contributed by atoms with Crippen molar-refractivity contribution >= 4 is 6.29 Å². The van der Waals surface area contributed by atoms with Crippen LogP contribution >= 0.6 is 0 Å². The second-order valence-corrected chi connectivity index (χ2v) is 1.42. The van der Waals surface area contributed by atoms with Gasteiger partial charge in [0.05, 0.1) is 6.54 Å². The summed E-state index contributed by atoms with van der Waals surface area (Å²) in [5.41, 5.74) is 2.76. The number of nitrogens with one attached hydrogen (secondary N) is 1. The molecule has 0 aromatic rings. The number of hydrogen-bond acceptors (Lipinski definition) is 3. The van der Waals surface area contributed by atoms with E-state index in [1.807, 2.05) is 14.1 Å². The van der Waals surface area contributed by atoms with Crippen molar-refractivity contribution in [2.24, 2.45) is 0 Å². The Bertz CT molecular complexity index is 53.7. The van der Waals surface area contributed by atoms with Crippen molar-refractivity contribution < 1.29 is 4.79 Å². The van der Waals surface area contributed by atoms with Crippen molar-refractivity contribution in [3.63, 3.8) is 0 Å². The van der Waals surface area contributed by atoms with Gasteiger partial charge < -0.3 is 4.79 Å². The van der Waals surface area contributed by atoms with Gasteiger partial charge in [-0.15, -0.1) is 0 Å². The molecule has 0 heterocycles. The Morgan fingerprint density at radius 3 is 2.43 bits per heavy atom. The highest BCUT2D eigenvalue weighted by Gasteiger charge is 1.80. The largest absolute Gasteiger partial charge is 0.302 e. The molecule has 0 aromatic carbocycles. The molecule has 0 saturated carbocycles. The van der Waals surface area contributed by atoms with Crippen LogP contribution in [0.25, 0.3) is 0 Å². The summed E-state index contributed by atoms with van der Waals surface area (Å²) in [5, 5.41) is 1.73. The molecule has 3 heteroatoms. The first-order valence-electron chi connectivity index (χ1n) is 2.12. The minimum atomic E-state index is 0.396. The van der Waals surface area contributed by atoms with Gasteiger partial charge in [0.2, 0.25) is 0 Å². The number of carbonyl (C=O) groups is 1. The minimum absolute atomic E-state index is 0.396. The number of aldehydes is 1. The molecule has 0 unspecified atom stereocenters. The quantitative estimate of drug-likeness (QED) is 0.376. The Morgan fingerprint density at radius 2 is 2.29 bits per heavy atom. The predicted octanol–water partition coefficient (Wildman–Crippen LogP) is -0.749. The molecular formula is C4H10N2O. The highest BCUT2D eigenvalue weighted by molar-refractivity contribution is 5.51. The first-order chi connectivity index (χ1) is 3.27. The molecule has 0 aliphatic heterocycles. The van der Waals surface area contributed by atoms with Crippen molar-refractivity contribution in [3.05, 3.63) is 0 Å². The van der Waals surface area contributed by atoms with Crippen LogP contribution in [-0.4, -0.2) is 31.9 Å². The van der Waals surface area contributed by atoms with E-state index in [9.17, 15) is 4.79 Å². The van der Waals surface area contributed by atoms with Gasteiger partial charge in [-0.25, -0.2) is 5.43 Å². The predicted molar refractivity (Wildman–Crippen MR) is 27.8 cm³/mol. The molecular weight excluding hydrogens is 92.1 g/mol.